The fourth-order valence-corrected chi connectivity index (χ4v) is 4.23. The van der Waals surface area contributed by atoms with Gasteiger partial charge in [-0.1, -0.05) is 23.4 Å². The first kappa shape index (κ1) is 17.7. The third-order valence-corrected chi connectivity index (χ3v) is 5.46. The molecule has 4 nitrogen and oxygen atoms in total. The second-order valence-electron chi connectivity index (χ2n) is 6.70. The van der Waals surface area contributed by atoms with E-state index in [0.717, 1.165) is 26.0 Å². The summed E-state index contributed by atoms with van der Waals surface area (Å²) in [6, 6.07) is 3.92. The first-order valence-electron chi connectivity index (χ1n) is 7.98. The van der Waals surface area contributed by atoms with Crippen LogP contribution in [-0.2, 0) is 4.74 Å². The zero-order valence-electron chi connectivity index (χ0n) is 13.7. The molecular weight excluding hydrogens is 351 g/mol. The van der Waals surface area contributed by atoms with Crippen molar-refractivity contribution in [2.75, 3.05) is 19.7 Å². The summed E-state index contributed by atoms with van der Waals surface area (Å²) in [6.45, 7) is 6.48. The van der Waals surface area contributed by atoms with Gasteiger partial charge < -0.3 is 9.64 Å². The van der Waals surface area contributed by atoms with Crippen LogP contribution in [-0.4, -0.2) is 46.5 Å². The lowest BCUT2D eigenvalue weighted by atomic mass is 10.2. The molecule has 1 aromatic carbocycles. The predicted octanol–water partition coefficient (Wildman–Crippen LogP) is 3.98. The molecule has 0 unspecified atom stereocenters. The molecule has 2 fully saturated rings. The number of thioether (sulfide) groups is 1. The molecular formula is C17H20ClFN2O2S. The quantitative estimate of drug-likeness (QED) is 0.807. The van der Waals surface area contributed by atoms with Gasteiger partial charge in [0.05, 0.1) is 11.7 Å². The van der Waals surface area contributed by atoms with Crippen LogP contribution in [0.4, 0.5) is 4.39 Å². The van der Waals surface area contributed by atoms with Gasteiger partial charge in [-0.3, -0.25) is 4.79 Å². The van der Waals surface area contributed by atoms with E-state index in [-0.39, 0.29) is 16.4 Å². The smallest absolute Gasteiger partial charge is 0.282 e. The average molecular weight is 371 g/mol. The van der Waals surface area contributed by atoms with Crippen LogP contribution in [0, 0.1) is 5.82 Å². The number of hydrogen-bond acceptors (Lipinski definition) is 3. The first-order valence-corrected chi connectivity index (χ1v) is 9.17. The molecule has 1 aromatic rings. The minimum atomic E-state index is -0.610. The van der Waals surface area contributed by atoms with Gasteiger partial charge in [0.1, 0.15) is 5.82 Å². The first-order chi connectivity index (χ1) is 11.3. The highest BCUT2D eigenvalue weighted by Gasteiger charge is 2.37. The van der Waals surface area contributed by atoms with Crippen LogP contribution in [0.25, 0.3) is 0 Å². The van der Waals surface area contributed by atoms with E-state index in [1.165, 1.54) is 30.0 Å². The summed E-state index contributed by atoms with van der Waals surface area (Å²) in [6.07, 6.45) is 2.25. The zero-order chi connectivity index (χ0) is 17.3. The maximum absolute atomic E-state index is 13.9. The van der Waals surface area contributed by atoms with Gasteiger partial charge in [0.25, 0.3) is 5.91 Å². The molecule has 2 saturated heterocycles. The summed E-state index contributed by atoms with van der Waals surface area (Å²) in [5, 5.41) is 0.940. The highest BCUT2D eigenvalue weighted by Crippen LogP contribution is 2.36. The van der Waals surface area contributed by atoms with E-state index in [0.29, 0.717) is 16.7 Å². The molecule has 2 aliphatic heterocycles. The number of halogens is 2. The van der Waals surface area contributed by atoms with Crippen molar-refractivity contribution in [3.05, 3.63) is 34.6 Å². The number of amides is 1. The molecule has 0 saturated carbocycles. The highest BCUT2D eigenvalue weighted by atomic mass is 35.5. The molecule has 0 aromatic heterocycles. The van der Waals surface area contributed by atoms with Crippen molar-refractivity contribution < 1.29 is 13.9 Å². The van der Waals surface area contributed by atoms with Crippen molar-refractivity contribution >= 4 is 34.4 Å². The summed E-state index contributed by atoms with van der Waals surface area (Å²) in [7, 11) is 0. The van der Waals surface area contributed by atoms with Gasteiger partial charge in [-0.25, -0.2) is 4.39 Å². The number of hydrogen-bond donors (Lipinski definition) is 0. The number of carbonyl (C=O) groups is 1. The third-order valence-electron chi connectivity index (χ3n) is 4.01. The Balaban J connectivity index is 1.82. The van der Waals surface area contributed by atoms with Crippen molar-refractivity contribution in [1.29, 1.82) is 0 Å². The number of benzene rings is 1. The summed E-state index contributed by atoms with van der Waals surface area (Å²) >= 11 is 7.40. The number of aliphatic imine (C=N–C) groups is 1. The topological polar surface area (TPSA) is 41.9 Å². The van der Waals surface area contributed by atoms with Crippen molar-refractivity contribution in [3.8, 4) is 0 Å². The van der Waals surface area contributed by atoms with Crippen molar-refractivity contribution in [2.24, 2.45) is 4.99 Å². The van der Waals surface area contributed by atoms with Gasteiger partial charge in [-0.2, -0.15) is 4.99 Å². The monoisotopic (exact) mass is 370 g/mol. The van der Waals surface area contributed by atoms with E-state index in [9.17, 15) is 9.18 Å². The molecule has 2 heterocycles. The Morgan fingerprint density at radius 2 is 2.33 bits per heavy atom. The molecule has 7 heteroatoms. The van der Waals surface area contributed by atoms with Gasteiger partial charge in [0, 0.05) is 29.5 Å². The summed E-state index contributed by atoms with van der Waals surface area (Å²) < 4.78 is 19.5. The van der Waals surface area contributed by atoms with Crippen LogP contribution in [0.1, 0.15) is 37.0 Å². The average Bonchev–Trinajstić information content (AvgIpc) is 3.10. The molecule has 0 spiro atoms. The van der Waals surface area contributed by atoms with Crippen LogP contribution in [0.3, 0.4) is 0 Å². The second-order valence-corrected chi connectivity index (χ2v) is 8.81. The van der Waals surface area contributed by atoms with Gasteiger partial charge in [0.15, 0.2) is 5.17 Å². The highest BCUT2D eigenvalue weighted by molar-refractivity contribution is 8.15. The molecule has 24 heavy (non-hydrogen) atoms. The number of rotatable bonds is 3. The maximum atomic E-state index is 13.9. The lowest BCUT2D eigenvalue weighted by Crippen LogP contribution is -2.35. The van der Waals surface area contributed by atoms with E-state index < -0.39 is 11.7 Å². The fourth-order valence-electron chi connectivity index (χ4n) is 2.95. The molecule has 0 bridgehead atoms. The van der Waals surface area contributed by atoms with E-state index in [1.54, 1.807) is 0 Å². The van der Waals surface area contributed by atoms with Crippen LogP contribution in [0.5, 0.6) is 0 Å². The second kappa shape index (κ2) is 7.02. The minimum absolute atomic E-state index is 0.0510. The number of nitrogens with zero attached hydrogens (tertiary/aromatic N) is 2. The lowest BCUT2D eigenvalue weighted by Gasteiger charge is -2.22. The van der Waals surface area contributed by atoms with Gasteiger partial charge >= 0.3 is 0 Å². The molecule has 130 valence electrons. The molecule has 0 aliphatic carbocycles. The van der Waals surface area contributed by atoms with Gasteiger partial charge in [0.2, 0.25) is 0 Å². The Morgan fingerprint density at radius 3 is 3.04 bits per heavy atom. The van der Waals surface area contributed by atoms with Crippen molar-refractivity contribution in [2.45, 2.75) is 37.5 Å². The summed E-state index contributed by atoms with van der Waals surface area (Å²) in [5.74, 6) is -1.21. The molecule has 1 atom stereocenters. The number of ether oxygens (including phenoxy) is 1. The van der Waals surface area contributed by atoms with E-state index >= 15 is 0 Å². The molecule has 2 aliphatic rings. The Bertz CT molecular complexity index is 675. The normalized spacial score (nSPS) is 24.8. The van der Waals surface area contributed by atoms with Crippen LogP contribution >= 0.6 is 23.4 Å². The van der Waals surface area contributed by atoms with Crippen LogP contribution in [0.2, 0.25) is 5.02 Å². The Kier molecular flexibility index (Phi) is 5.18. The Labute approximate surface area is 150 Å². The minimum Gasteiger partial charge on any atom is -0.376 e. The van der Waals surface area contributed by atoms with Crippen LogP contribution in [0.15, 0.2) is 23.2 Å². The third kappa shape index (κ3) is 4.10. The van der Waals surface area contributed by atoms with Gasteiger partial charge in [-0.15, -0.1) is 0 Å². The zero-order valence-corrected chi connectivity index (χ0v) is 15.3. The standard InChI is InChI=1S/C17H20ClFN2O2S/c1-17(2)10-21(9-12-4-3-7-23-12)16(24-17)20-15(22)13-8-11(18)5-6-14(13)19/h5-6,8,12H,3-4,7,9-10H2,1-2H3/b20-16-/t12-/m1/s1. The van der Waals surface area contributed by atoms with Gasteiger partial charge in [-0.05, 0) is 44.9 Å². The van der Waals surface area contributed by atoms with E-state index in [2.05, 4.69) is 23.7 Å². The summed E-state index contributed by atoms with van der Waals surface area (Å²) in [4.78, 5) is 18.7. The number of amidine groups is 1. The lowest BCUT2D eigenvalue weighted by molar-refractivity contribution is 0.0908. The number of carbonyl (C=O) groups excluding carboxylic acids is 1. The Morgan fingerprint density at radius 1 is 1.54 bits per heavy atom. The molecule has 1 amide bonds. The maximum Gasteiger partial charge on any atom is 0.282 e. The largest absolute Gasteiger partial charge is 0.376 e. The van der Waals surface area contributed by atoms with Crippen molar-refractivity contribution in [3.63, 3.8) is 0 Å². The molecule has 3 rings (SSSR count). The van der Waals surface area contributed by atoms with Crippen LogP contribution < -0.4 is 0 Å². The SMILES string of the molecule is CC1(C)CN(C[C@H]2CCCO2)/C(=N/C(=O)c2cc(Cl)ccc2F)S1. The predicted molar refractivity (Wildman–Crippen MR) is 95.4 cm³/mol. The van der Waals surface area contributed by atoms with Crippen molar-refractivity contribution in [1.82, 2.24) is 4.90 Å². The fraction of sp³-hybridized carbons (Fsp3) is 0.529. The Hall–Kier alpha value is -1.11. The van der Waals surface area contributed by atoms with E-state index in [1.807, 2.05) is 0 Å². The van der Waals surface area contributed by atoms with E-state index in [4.69, 9.17) is 16.3 Å². The molecule has 0 radical (unpaired) electrons. The molecule has 0 N–H and O–H groups in total. The summed E-state index contributed by atoms with van der Waals surface area (Å²) in [5.41, 5.74) is -0.0997.